The molecule has 0 aromatic heterocycles. The van der Waals surface area contributed by atoms with E-state index in [4.69, 9.17) is 22.1 Å². The van der Waals surface area contributed by atoms with Crippen molar-refractivity contribution in [3.05, 3.63) is 62.6 Å². The van der Waals surface area contributed by atoms with Gasteiger partial charge in [0.2, 0.25) is 0 Å². The molecule has 0 aliphatic heterocycles. The van der Waals surface area contributed by atoms with Gasteiger partial charge in [0.1, 0.15) is 5.75 Å². The molecule has 2 aromatic rings. The monoisotopic (exact) mass is 339 g/mol. The molecule has 1 unspecified atom stereocenters. The van der Waals surface area contributed by atoms with Gasteiger partial charge in [-0.3, -0.25) is 0 Å². The predicted molar refractivity (Wildman–Crippen MR) is 82.9 cm³/mol. The maximum absolute atomic E-state index is 6.28. The number of nitrogens with two attached hydrogens (primary N) is 1. The largest absolute Gasteiger partial charge is 0.496 e. The van der Waals surface area contributed by atoms with Crippen LogP contribution in [0.15, 0.2) is 40.9 Å². The maximum Gasteiger partial charge on any atom is 0.133 e. The minimum atomic E-state index is -0.254. The van der Waals surface area contributed by atoms with Gasteiger partial charge in [-0.2, -0.15) is 0 Å². The van der Waals surface area contributed by atoms with E-state index in [1.54, 1.807) is 7.11 Å². The summed E-state index contributed by atoms with van der Waals surface area (Å²) in [5, 5.41) is 0.694. The zero-order valence-electron chi connectivity index (χ0n) is 10.8. The van der Waals surface area contributed by atoms with E-state index in [2.05, 4.69) is 15.9 Å². The molecule has 19 heavy (non-hydrogen) atoms. The molecule has 4 heteroatoms. The molecule has 2 rings (SSSR count). The van der Waals surface area contributed by atoms with E-state index in [-0.39, 0.29) is 6.04 Å². The molecule has 0 amide bonds. The first kappa shape index (κ1) is 14.4. The first-order valence-electron chi connectivity index (χ1n) is 5.88. The smallest absolute Gasteiger partial charge is 0.133 e. The van der Waals surface area contributed by atoms with Crippen LogP contribution in [0.2, 0.25) is 5.02 Å². The Bertz CT molecular complexity index is 601. The zero-order valence-corrected chi connectivity index (χ0v) is 13.1. The third kappa shape index (κ3) is 3.11. The van der Waals surface area contributed by atoms with Gasteiger partial charge < -0.3 is 10.5 Å². The second-order valence-electron chi connectivity index (χ2n) is 4.40. The molecule has 2 nitrogen and oxygen atoms in total. The Morgan fingerprint density at radius 1 is 1.21 bits per heavy atom. The molecule has 0 spiro atoms. The molecule has 0 saturated carbocycles. The molecule has 0 heterocycles. The summed E-state index contributed by atoms with van der Waals surface area (Å²) in [6.45, 7) is 2.01. The molecule has 2 aromatic carbocycles. The molecule has 0 fully saturated rings. The van der Waals surface area contributed by atoms with Crippen molar-refractivity contribution >= 4 is 27.5 Å². The van der Waals surface area contributed by atoms with Crippen LogP contribution in [0.4, 0.5) is 0 Å². The van der Waals surface area contributed by atoms with Gasteiger partial charge in [-0.05, 0) is 57.7 Å². The van der Waals surface area contributed by atoms with E-state index < -0.39 is 0 Å². The van der Waals surface area contributed by atoms with Crippen LogP contribution >= 0.6 is 27.5 Å². The highest BCUT2D eigenvalue weighted by Gasteiger charge is 2.14. The van der Waals surface area contributed by atoms with Crippen LogP contribution in [-0.4, -0.2) is 7.11 Å². The van der Waals surface area contributed by atoms with Crippen molar-refractivity contribution in [1.29, 1.82) is 0 Å². The summed E-state index contributed by atoms with van der Waals surface area (Å²) in [7, 11) is 1.64. The van der Waals surface area contributed by atoms with Gasteiger partial charge in [0, 0.05) is 5.02 Å². The van der Waals surface area contributed by atoms with Gasteiger partial charge in [0.25, 0.3) is 0 Å². The summed E-state index contributed by atoms with van der Waals surface area (Å²) in [5.41, 5.74) is 9.31. The number of hydrogen-bond donors (Lipinski definition) is 1. The fraction of sp³-hybridized carbons (Fsp3) is 0.200. The number of methoxy groups -OCH3 is 1. The summed E-state index contributed by atoms with van der Waals surface area (Å²) in [4.78, 5) is 0. The summed E-state index contributed by atoms with van der Waals surface area (Å²) in [6.07, 6.45) is 0. The Morgan fingerprint density at radius 2 is 1.95 bits per heavy atom. The van der Waals surface area contributed by atoms with E-state index >= 15 is 0 Å². The number of benzene rings is 2. The molecular formula is C15H15BrClNO. The molecule has 0 radical (unpaired) electrons. The third-order valence-corrected chi connectivity index (χ3v) is 3.97. The van der Waals surface area contributed by atoms with Crippen molar-refractivity contribution in [1.82, 2.24) is 0 Å². The Balaban J connectivity index is 2.38. The van der Waals surface area contributed by atoms with Crippen LogP contribution in [0.25, 0.3) is 0 Å². The van der Waals surface area contributed by atoms with E-state index in [0.717, 1.165) is 26.9 Å². The molecule has 2 N–H and O–H groups in total. The molecule has 0 bridgehead atoms. The first-order chi connectivity index (χ1) is 9.02. The van der Waals surface area contributed by atoms with Crippen molar-refractivity contribution in [3.63, 3.8) is 0 Å². The SMILES string of the molecule is COc1ccc(C(N)c2ccc(C)cc2Cl)cc1Br. The average Bonchev–Trinajstić information content (AvgIpc) is 2.38. The lowest BCUT2D eigenvalue weighted by atomic mass is 9.98. The van der Waals surface area contributed by atoms with Crippen LogP contribution < -0.4 is 10.5 Å². The lowest BCUT2D eigenvalue weighted by Crippen LogP contribution is -2.12. The summed E-state index contributed by atoms with van der Waals surface area (Å²) >= 11 is 9.72. The van der Waals surface area contributed by atoms with Crippen molar-refractivity contribution in [2.45, 2.75) is 13.0 Å². The maximum atomic E-state index is 6.28. The van der Waals surface area contributed by atoms with Crippen LogP contribution in [0, 0.1) is 6.92 Å². The number of ether oxygens (including phenoxy) is 1. The van der Waals surface area contributed by atoms with Crippen LogP contribution in [-0.2, 0) is 0 Å². The molecule has 100 valence electrons. The zero-order chi connectivity index (χ0) is 14.0. The lowest BCUT2D eigenvalue weighted by molar-refractivity contribution is 0.412. The quantitative estimate of drug-likeness (QED) is 0.895. The second-order valence-corrected chi connectivity index (χ2v) is 5.66. The van der Waals surface area contributed by atoms with Gasteiger partial charge >= 0.3 is 0 Å². The van der Waals surface area contributed by atoms with E-state index in [0.29, 0.717) is 5.02 Å². The normalized spacial score (nSPS) is 12.3. The Morgan fingerprint density at radius 3 is 2.53 bits per heavy atom. The fourth-order valence-electron chi connectivity index (χ4n) is 1.94. The lowest BCUT2D eigenvalue weighted by Gasteiger charge is -2.16. The average molecular weight is 341 g/mol. The van der Waals surface area contributed by atoms with Crippen molar-refractivity contribution < 1.29 is 4.74 Å². The third-order valence-electron chi connectivity index (χ3n) is 3.03. The van der Waals surface area contributed by atoms with Crippen LogP contribution in [0.1, 0.15) is 22.7 Å². The summed E-state index contributed by atoms with van der Waals surface area (Å²) in [6, 6.07) is 11.5. The number of hydrogen-bond acceptors (Lipinski definition) is 2. The first-order valence-corrected chi connectivity index (χ1v) is 7.05. The van der Waals surface area contributed by atoms with Crippen LogP contribution in [0.3, 0.4) is 0 Å². The Labute approximate surface area is 126 Å². The molecule has 1 atom stereocenters. The summed E-state index contributed by atoms with van der Waals surface area (Å²) < 4.78 is 6.09. The van der Waals surface area contributed by atoms with E-state index in [1.807, 2.05) is 43.3 Å². The minimum Gasteiger partial charge on any atom is -0.496 e. The molecule has 0 saturated heterocycles. The second kappa shape index (κ2) is 5.95. The highest BCUT2D eigenvalue weighted by atomic mass is 79.9. The molecular weight excluding hydrogens is 326 g/mol. The topological polar surface area (TPSA) is 35.2 Å². The van der Waals surface area contributed by atoms with Gasteiger partial charge in [-0.15, -0.1) is 0 Å². The van der Waals surface area contributed by atoms with Gasteiger partial charge in [0.15, 0.2) is 0 Å². The highest BCUT2D eigenvalue weighted by Crippen LogP contribution is 2.32. The van der Waals surface area contributed by atoms with Gasteiger partial charge in [0.05, 0.1) is 17.6 Å². The minimum absolute atomic E-state index is 0.254. The van der Waals surface area contributed by atoms with Gasteiger partial charge in [-0.25, -0.2) is 0 Å². The van der Waals surface area contributed by atoms with E-state index in [9.17, 15) is 0 Å². The van der Waals surface area contributed by atoms with Crippen molar-refractivity contribution in [2.75, 3.05) is 7.11 Å². The predicted octanol–water partition coefficient (Wildman–Crippen LogP) is 4.47. The number of rotatable bonds is 3. The number of aryl methyl sites for hydroxylation is 1. The number of halogens is 2. The fourth-order valence-corrected chi connectivity index (χ4v) is 2.85. The van der Waals surface area contributed by atoms with Crippen molar-refractivity contribution in [3.8, 4) is 5.75 Å². The molecule has 0 aliphatic rings. The van der Waals surface area contributed by atoms with E-state index in [1.165, 1.54) is 0 Å². The Kier molecular flexibility index (Phi) is 4.50. The molecule has 0 aliphatic carbocycles. The summed E-state index contributed by atoms with van der Waals surface area (Å²) in [5.74, 6) is 0.783. The van der Waals surface area contributed by atoms with Crippen LogP contribution in [0.5, 0.6) is 5.75 Å². The Hall–Kier alpha value is -1.03. The standard InChI is InChI=1S/C15H15BrClNO/c1-9-3-5-11(13(17)7-9)15(18)10-4-6-14(19-2)12(16)8-10/h3-8,15H,18H2,1-2H3. The van der Waals surface area contributed by atoms with Crippen molar-refractivity contribution in [2.24, 2.45) is 5.73 Å². The highest BCUT2D eigenvalue weighted by molar-refractivity contribution is 9.10. The van der Waals surface area contributed by atoms with Gasteiger partial charge in [-0.1, -0.05) is 29.8 Å².